The van der Waals surface area contributed by atoms with Gasteiger partial charge >= 0.3 is 0 Å². The molecule has 0 aliphatic rings. The van der Waals surface area contributed by atoms with E-state index in [1.807, 2.05) is 20.2 Å². The number of rotatable bonds is 1. The number of aromatic nitrogens is 2. The zero-order valence-electron chi connectivity index (χ0n) is 6.96. The predicted octanol–water partition coefficient (Wildman–Crippen LogP) is 2.04. The van der Waals surface area contributed by atoms with Gasteiger partial charge < -0.3 is 5.32 Å². The van der Waals surface area contributed by atoms with E-state index in [2.05, 4.69) is 15.3 Å². The van der Waals surface area contributed by atoms with Crippen LogP contribution in [0.1, 0.15) is 5.01 Å². The summed E-state index contributed by atoms with van der Waals surface area (Å²) in [4.78, 5) is 8.50. The average molecular weight is 179 g/mol. The Labute approximate surface area is 74.5 Å². The van der Waals surface area contributed by atoms with Crippen molar-refractivity contribution in [2.75, 3.05) is 12.4 Å². The van der Waals surface area contributed by atoms with Gasteiger partial charge in [0.1, 0.15) is 5.52 Å². The molecule has 62 valence electrons. The highest BCUT2D eigenvalue weighted by atomic mass is 32.1. The molecular formula is C8H9N3S. The first-order valence-electron chi connectivity index (χ1n) is 3.70. The van der Waals surface area contributed by atoms with Gasteiger partial charge in [-0.2, -0.15) is 0 Å². The standard InChI is InChI=1S/C8H9N3S/c1-5-11-8-6(9-2)3-10-4-7(8)12-5/h3-4,9H,1-2H3. The molecule has 0 unspecified atom stereocenters. The van der Waals surface area contributed by atoms with Crippen LogP contribution < -0.4 is 5.32 Å². The third-order valence-corrected chi connectivity index (χ3v) is 2.59. The number of hydrogen-bond acceptors (Lipinski definition) is 4. The Kier molecular flexibility index (Phi) is 1.69. The molecule has 3 nitrogen and oxygen atoms in total. The van der Waals surface area contributed by atoms with E-state index in [9.17, 15) is 0 Å². The fourth-order valence-corrected chi connectivity index (χ4v) is 1.97. The fourth-order valence-electron chi connectivity index (χ4n) is 1.15. The molecule has 0 aliphatic heterocycles. The summed E-state index contributed by atoms with van der Waals surface area (Å²) < 4.78 is 1.14. The maximum Gasteiger partial charge on any atom is 0.108 e. The van der Waals surface area contributed by atoms with Crippen LogP contribution in [0.4, 0.5) is 5.69 Å². The molecule has 1 N–H and O–H groups in total. The van der Waals surface area contributed by atoms with E-state index in [0.717, 1.165) is 20.9 Å². The van der Waals surface area contributed by atoms with Gasteiger partial charge in [-0.1, -0.05) is 0 Å². The Bertz CT molecular complexity index is 408. The van der Waals surface area contributed by atoms with Crippen molar-refractivity contribution in [2.45, 2.75) is 6.92 Å². The maximum absolute atomic E-state index is 4.40. The molecule has 12 heavy (non-hydrogen) atoms. The molecule has 2 aromatic heterocycles. The van der Waals surface area contributed by atoms with Crippen molar-refractivity contribution < 1.29 is 0 Å². The Morgan fingerprint density at radius 3 is 3.00 bits per heavy atom. The van der Waals surface area contributed by atoms with Crippen LogP contribution in [-0.2, 0) is 0 Å². The molecule has 0 saturated carbocycles. The third kappa shape index (κ3) is 1.04. The minimum atomic E-state index is 0.997. The summed E-state index contributed by atoms with van der Waals surface area (Å²) in [7, 11) is 1.88. The van der Waals surface area contributed by atoms with Crippen LogP contribution in [0.2, 0.25) is 0 Å². The normalized spacial score (nSPS) is 10.5. The van der Waals surface area contributed by atoms with Crippen LogP contribution in [0.15, 0.2) is 12.4 Å². The van der Waals surface area contributed by atoms with E-state index in [1.165, 1.54) is 0 Å². The molecule has 0 bridgehead atoms. The zero-order valence-corrected chi connectivity index (χ0v) is 7.77. The minimum absolute atomic E-state index is 0.997. The van der Waals surface area contributed by atoms with Crippen molar-refractivity contribution >= 4 is 27.2 Å². The van der Waals surface area contributed by atoms with Crippen LogP contribution in [0.3, 0.4) is 0 Å². The Morgan fingerprint density at radius 1 is 1.42 bits per heavy atom. The molecule has 2 heterocycles. The molecule has 0 aromatic carbocycles. The lowest BCUT2D eigenvalue weighted by atomic mass is 10.4. The maximum atomic E-state index is 4.40. The van der Waals surface area contributed by atoms with Crippen molar-refractivity contribution in [3.63, 3.8) is 0 Å². The number of pyridine rings is 1. The van der Waals surface area contributed by atoms with Crippen molar-refractivity contribution in [1.29, 1.82) is 0 Å². The highest BCUT2D eigenvalue weighted by Crippen LogP contribution is 2.25. The van der Waals surface area contributed by atoms with Crippen molar-refractivity contribution in [1.82, 2.24) is 9.97 Å². The van der Waals surface area contributed by atoms with Crippen LogP contribution in [-0.4, -0.2) is 17.0 Å². The van der Waals surface area contributed by atoms with Gasteiger partial charge in [0.25, 0.3) is 0 Å². The molecule has 0 spiro atoms. The first-order valence-corrected chi connectivity index (χ1v) is 4.52. The zero-order chi connectivity index (χ0) is 8.55. The summed E-state index contributed by atoms with van der Waals surface area (Å²) >= 11 is 1.67. The third-order valence-electron chi connectivity index (χ3n) is 1.68. The van der Waals surface area contributed by atoms with Crippen molar-refractivity contribution in [2.24, 2.45) is 0 Å². The summed E-state index contributed by atoms with van der Waals surface area (Å²) in [6, 6.07) is 0. The molecule has 0 radical (unpaired) electrons. The SMILES string of the molecule is CNc1cncc2sc(C)nc12. The molecule has 0 aliphatic carbocycles. The van der Waals surface area contributed by atoms with Crippen LogP contribution >= 0.6 is 11.3 Å². The number of nitrogens with zero attached hydrogens (tertiary/aromatic N) is 2. The van der Waals surface area contributed by atoms with Crippen LogP contribution in [0, 0.1) is 6.92 Å². The molecule has 0 fully saturated rings. The van der Waals surface area contributed by atoms with Gasteiger partial charge in [-0.05, 0) is 6.92 Å². The summed E-state index contributed by atoms with van der Waals surface area (Å²) in [6.07, 6.45) is 3.64. The molecule has 0 saturated heterocycles. The fraction of sp³-hybridized carbons (Fsp3) is 0.250. The Hall–Kier alpha value is -1.16. The summed E-state index contributed by atoms with van der Waals surface area (Å²) in [5, 5.41) is 4.14. The second-order valence-corrected chi connectivity index (χ2v) is 3.75. The first kappa shape index (κ1) is 7.49. The molecule has 0 atom stereocenters. The predicted molar refractivity (Wildman–Crippen MR) is 51.7 cm³/mol. The quantitative estimate of drug-likeness (QED) is 0.728. The smallest absolute Gasteiger partial charge is 0.108 e. The average Bonchev–Trinajstić information content (AvgIpc) is 2.44. The lowest BCUT2D eigenvalue weighted by Crippen LogP contribution is -1.89. The van der Waals surface area contributed by atoms with Gasteiger partial charge in [0.15, 0.2) is 0 Å². The molecule has 4 heteroatoms. The summed E-state index contributed by atoms with van der Waals surface area (Å²) in [6.45, 7) is 2.00. The number of fused-ring (bicyclic) bond motifs is 1. The molecule has 2 aromatic rings. The molecule has 0 amide bonds. The number of thiazole rings is 1. The highest BCUT2D eigenvalue weighted by Gasteiger charge is 2.03. The minimum Gasteiger partial charge on any atom is -0.385 e. The second-order valence-electron chi connectivity index (χ2n) is 2.52. The number of anilines is 1. The van der Waals surface area contributed by atoms with Crippen molar-refractivity contribution in [3.8, 4) is 0 Å². The second kappa shape index (κ2) is 2.71. The monoisotopic (exact) mass is 179 g/mol. The molecular weight excluding hydrogens is 170 g/mol. The van der Waals surface area contributed by atoms with E-state index in [1.54, 1.807) is 17.5 Å². The lowest BCUT2D eigenvalue weighted by molar-refractivity contribution is 1.31. The summed E-state index contributed by atoms with van der Waals surface area (Å²) in [5.41, 5.74) is 2.02. The van der Waals surface area contributed by atoms with Gasteiger partial charge in [-0.15, -0.1) is 11.3 Å². The number of nitrogens with one attached hydrogen (secondary N) is 1. The van der Waals surface area contributed by atoms with Gasteiger partial charge in [0.2, 0.25) is 0 Å². The van der Waals surface area contributed by atoms with E-state index in [0.29, 0.717) is 0 Å². The van der Waals surface area contributed by atoms with E-state index in [-0.39, 0.29) is 0 Å². The lowest BCUT2D eigenvalue weighted by Gasteiger charge is -1.97. The number of hydrogen-bond donors (Lipinski definition) is 1. The largest absolute Gasteiger partial charge is 0.385 e. The van der Waals surface area contributed by atoms with Crippen molar-refractivity contribution in [3.05, 3.63) is 17.4 Å². The number of aryl methyl sites for hydroxylation is 1. The molecule has 2 rings (SSSR count). The van der Waals surface area contributed by atoms with E-state index in [4.69, 9.17) is 0 Å². The van der Waals surface area contributed by atoms with Crippen LogP contribution in [0.25, 0.3) is 10.2 Å². The van der Waals surface area contributed by atoms with Crippen LogP contribution in [0.5, 0.6) is 0 Å². The van der Waals surface area contributed by atoms with E-state index >= 15 is 0 Å². The van der Waals surface area contributed by atoms with E-state index < -0.39 is 0 Å². The van der Waals surface area contributed by atoms with Gasteiger partial charge in [-0.3, -0.25) is 4.98 Å². The first-order chi connectivity index (χ1) is 5.81. The summed E-state index contributed by atoms with van der Waals surface area (Å²) in [5.74, 6) is 0. The highest BCUT2D eigenvalue weighted by molar-refractivity contribution is 7.18. The Morgan fingerprint density at radius 2 is 2.25 bits per heavy atom. The van der Waals surface area contributed by atoms with Gasteiger partial charge in [0, 0.05) is 13.2 Å². The topological polar surface area (TPSA) is 37.8 Å². The van der Waals surface area contributed by atoms with Gasteiger partial charge in [0.05, 0.1) is 21.6 Å². The van der Waals surface area contributed by atoms with Gasteiger partial charge in [-0.25, -0.2) is 4.98 Å². The Balaban J connectivity index is 2.78.